The minimum atomic E-state index is -1.02. The van der Waals surface area contributed by atoms with Crippen LogP contribution in [0, 0.1) is 0 Å². The predicted octanol–water partition coefficient (Wildman–Crippen LogP) is -0.198. The van der Waals surface area contributed by atoms with Gasteiger partial charge in [-0.15, -0.1) is 0 Å². The van der Waals surface area contributed by atoms with Crippen LogP contribution in [0.15, 0.2) is 0 Å². The van der Waals surface area contributed by atoms with E-state index < -0.39 is 29.4 Å². The van der Waals surface area contributed by atoms with E-state index in [-0.39, 0.29) is 18.8 Å². The van der Waals surface area contributed by atoms with Crippen LogP contribution in [0.3, 0.4) is 0 Å². The second-order valence-corrected chi connectivity index (χ2v) is 7.44. The van der Waals surface area contributed by atoms with Gasteiger partial charge >= 0.3 is 0 Å². The summed E-state index contributed by atoms with van der Waals surface area (Å²) in [5.41, 5.74) is 5.27. The number of hydrogen-bond acceptors (Lipinski definition) is 7. The fourth-order valence-electron chi connectivity index (χ4n) is 3.66. The maximum atomic E-state index is 11.2. The SMILES string of the molecule is CN(CC(N)=O)C[C@@]12OC[C@H]3OC(C)(C)O[C@H]3[C@@H]1OC(C)(C)O2. The Morgan fingerprint density at radius 2 is 1.87 bits per heavy atom. The van der Waals surface area contributed by atoms with Gasteiger partial charge in [-0.3, -0.25) is 9.69 Å². The van der Waals surface area contributed by atoms with E-state index in [1.807, 2.05) is 27.7 Å². The molecular formula is C15H26N2O6. The molecule has 2 N–H and O–H groups in total. The Morgan fingerprint density at radius 1 is 1.17 bits per heavy atom. The van der Waals surface area contributed by atoms with Crippen LogP contribution in [0.2, 0.25) is 0 Å². The van der Waals surface area contributed by atoms with Crippen molar-refractivity contribution in [3.05, 3.63) is 0 Å². The number of ether oxygens (including phenoxy) is 5. The van der Waals surface area contributed by atoms with E-state index in [0.29, 0.717) is 13.2 Å². The van der Waals surface area contributed by atoms with E-state index in [2.05, 4.69) is 0 Å². The zero-order valence-electron chi connectivity index (χ0n) is 14.3. The number of fused-ring (bicyclic) bond motifs is 3. The number of amides is 1. The molecule has 0 aromatic heterocycles. The van der Waals surface area contributed by atoms with E-state index >= 15 is 0 Å². The van der Waals surface area contributed by atoms with Gasteiger partial charge in [-0.25, -0.2) is 0 Å². The van der Waals surface area contributed by atoms with E-state index in [1.165, 1.54) is 0 Å². The molecule has 23 heavy (non-hydrogen) atoms. The molecule has 0 bridgehead atoms. The summed E-state index contributed by atoms with van der Waals surface area (Å²) in [6.07, 6.45) is -0.946. The molecule has 3 aliphatic heterocycles. The van der Waals surface area contributed by atoms with Gasteiger partial charge in [0.15, 0.2) is 11.6 Å². The molecule has 8 nitrogen and oxygen atoms in total. The van der Waals surface area contributed by atoms with Crippen molar-refractivity contribution in [2.45, 2.75) is 63.4 Å². The third-order valence-corrected chi connectivity index (χ3v) is 4.19. The number of nitrogens with zero attached hydrogens (tertiary/aromatic N) is 1. The lowest BCUT2D eigenvalue weighted by Gasteiger charge is -2.42. The lowest BCUT2D eigenvalue weighted by atomic mass is 9.96. The Bertz CT molecular complexity index is 496. The third kappa shape index (κ3) is 3.24. The van der Waals surface area contributed by atoms with Crippen LogP contribution in [0.1, 0.15) is 27.7 Å². The van der Waals surface area contributed by atoms with Crippen molar-refractivity contribution >= 4 is 5.91 Å². The van der Waals surface area contributed by atoms with Crippen molar-refractivity contribution in [1.29, 1.82) is 0 Å². The first-order chi connectivity index (χ1) is 10.5. The molecule has 8 heteroatoms. The van der Waals surface area contributed by atoms with Gasteiger partial charge in [0.05, 0.1) is 19.7 Å². The molecule has 0 aromatic rings. The standard InChI is InChI=1S/C15H26N2O6/c1-13(2)20-9-7-19-15(8-17(5)6-10(16)18)12(11(9)21-13)22-14(3,4)23-15/h9,11-12H,6-8H2,1-5H3,(H2,16,18)/t9-,11-,12+,15+/m1/s1. The monoisotopic (exact) mass is 330 g/mol. The molecule has 0 radical (unpaired) electrons. The summed E-state index contributed by atoms with van der Waals surface area (Å²) < 4.78 is 30.1. The second kappa shape index (κ2) is 5.37. The Balaban J connectivity index is 1.84. The number of hydrogen-bond donors (Lipinski definition) is 1. The Hall–Kier alpha value is -0.770. The van der Waals surface area contributed by atoms with Crippen molar-refractivity contribution in [2.75, 3.05) is 26.7 Å². The average molecular weight is 330 g/mol. The molecule has 0 saturated carbocycles. The fourth-order valence-corrected chi connectivity index (χ4v) is 3.66. The summed E-state index contributed by atoms with van der Waals surface area (Å²) in [4.78, 5) is 12.9. The van der Waals surface area contributed by atoms with E-state index in [1.54, 1.807) is 11.9 Å². The molecule has 3 heterocycles. The summed E-state index contributed by atoms with van der Waals surface area (Å²) in [5, 5.41) is 0. The van der Waals surface area contributed by atoms with Crippen molar-refractivity contribution in [1.82, 2.24) is 4.90 Å². The molecule has 0 unspecified atom stereocenters. The molecular weight excluding hydrogens is 304 g/mol. The molecule has 1 amide bonds. The first kappa shape index (κ1) is 17.1. The summed E-state index contributed by atoms with van der Waals surface area (Å²) in [7, 11) is 1.79. The van der Waals surface area contributed by atoms with Gasteiger partial charge < -0.3 is 29.4 Å². The molecule has 0 spiro atoms. The van der Waals surface area contributed by atoms with Crippen LogP contribution in [0.5, 0.6) is 0 Å². The van der Waals surface area contributed by atoms with Crippen LogP contribution < -0.4 is 5.73 Å². The summed E-state index contributed by atoms with van der Waals surface area (Å²) >= 11 is 0. The summed E-state index contributed by atoms with van der Waals surface area (Å²) in [6.45, 7) is 8.20. The minimum absolute atomic E-state index is 0.110. The predicted molar refractivity (Wildman–Crippen MR) is 79.2 cm³/mol. The van der Waals surface area contributed by atoms with Crippen LogP contribution >= 0.6 is 0 Å². The normalized spacial score (nSPS) is 40.9. The summed E-state index contributed by atoms with van der Waals surface area (Å²) in [6, 6.07) is 0. The zero-order chi connectivity index (χ0) is 17.0. The number of primary amides is 1. The number of rotatable bonds is 4. The molecule has 0 aliphatic carbocycles. The van der Waals surface area contributed by atoms with E-state index in [0.717, 1.165) is 0 Å². The van der Waals surface area contributed by atoms with Crippen molar-refractivity contribution in [2.24, 2.45) is 5.73 Å². The zero-order valence-corrected chi connectivity index (χ0v) is 14.3. The number of likely N-dealkylation sites (N-methyl/N-ethyl adjacent to an activating group) is 1. The van der Waals surface area contributed by atoms with E-state index in [4.69, 9.17) is 29.4 Å². The largest absolute Gasteiger partial charge is 0.369 e. The molecule has 0 aromatic carbocycles. The quantitative estimate of drug-likeness (QED) is 0.763. The highest BCUT2D eigenvalue weighted by molar-refractivity contribution is 5.75. The maximum Gasteiger partial charge on any atom is 0.231 e. The highest BCUT2D eigenvalue weighted by atomic mass is 16.9. The Labute approximate surface area is 136 Å². The molecule has 3 aliphatic rings. The van der Waals surface area contributed by atoms with Crippen molar-refractivity contribution in [3.8, 4) is 0 Å². The van der Waals surface area contributed by atoms with E-state index in [9.17, 15) is 4.79 Å². The van der Waals surface area contributed by atoms with Gasteiger partial charge in [-0.1, -0.05) is 0 Å². The smallest absolute Gasteiger partial charge is 0.231 e. The lowest BCUT2D eigenvalue weighted by molar-refractivity contribution is -0.285. The van der Waals surface area contributed by atoms with Gasteiger partial charge in [0.1, 0.15) is 18.3 Å². The molecule has 132 valence electrons. The highest BCUT2D eigenvalue weighted by Gasteiger charge is 2.65. The first-order valence-electron chi connectivity index (χ1n) is 7.86. The van der Waals surface area contributed by atoms with Crippen LogP contribution in [-0.4, -0.2) is 73.2 Å². The van der Waals surface area contributed by atoms with Gasteiger partial charge in [0, 0.05) is 0 Å². The average Bonchev–Trinajstić information content (AvgIpc) is 2.79. The van der Waals surface area contributed by atoms with Crippen LogP contribution in [0.4, 0.5) is 0 Å². The molecule has 4 atom stereocenters. The fraction of sp³-hybridized carbons (Fsp3) is 0.933. The van der Waals surface area contributed by atoms with Crippen molar-refractivity contribution < 1.29 is 28.5 Å². The topological polar surface area (TPSA) is 92.5 Å². The third-order valence-electron chi connectivity index (χ3n) is 4.19. The summed E-state index contributed by atoms with van der Waals surface area (Å²) in [5.74, 6) is -2.93. The minimum Gasteiger partial charge on any atom is -0.369 e. The van der Waals surface area contributed by atoms with Crippen LogP contribution in [0.25, 0.3) is 0 Å². The lowest BCUT2D eigenvalue weighted by Crippen LogP contribution is -2.62. The maximum absolute atomic E-state index is 11.2. The van der Waals surface area contributed by atoms with Gasteiger partial charge in [-0.05, 0) is 34.7 Å². The van der Waals surface area contributed by atoms with Gasteiger partial charge in [0.25, 0.3) is 0 Å². The second-order valence-electron chi connectivity index (χ2n) is 7.44. The van der Waals surface area contributed by atoms with Gasteiger partial charge in [0.2, 0.25) is 11.7 Å². The first-order valence-corrected chi connectivity index (χ1v) is 7.86. The molecule has 3 fully saturated rings. The molecule has 3 rings (SSSR count). The number of carbonyl (C=O) groups is 1. The van der Waals surface area contributed by atoms with Gasteiger partial charge in [-0.2, -0.15) is 0 Å². The highest BCUT2D eigenvalue weighted by Crippen LogP contribution is 2.47. The van der Waals surface area contributed by atoms with Crippen LogP contribution in [-0.2, 0) is 28.5 Å². The Kier molecular flexibility index (Phi) is 3.98. The van der Waals surface area contributed by atoms with Crippen molar-refractivity contribution in [3.63, 3.8) is 0 Å². The molecule has 3 saturated heterocycles. The number of nitrogens with two attached hydrogens (primary N) is 1. The number of carbonyl (C=O) groups excluding carboxylic acids is 1. The Morgan fingerprint density at radius 3 is 2.52 bits per heavy atom.